The van der Waals surface area contributed by atoms with Crippen LogP contribution in [0.1, 0.15) is 58.8 Å². The van der Waals surface area contributed by atoms with Crippen LogP contribution in [0.15, 0.2) is 0 Å². The summed E-state index contributed by atoms with van der Waals surface area (Å²) in [6.07, 6.45) is 6.55. The number of hydrogen-bond donors (Lipinski definition) is 0. The molecule has 1 aliphatic carbocycles. The third-order valence-electron chi connectivity index (χ3n) is 3.72. The van der Waals surface area contributed by atoms with Gasteiger partial charge in [0.25, 0.3) is 0 Å². The first kappa shape index (κ1) is 18.5. The summed E-state index contributed by atoms with van der Waals surface area (Å²) < 4.78 is 14.9. The van der Waals surface area contributed by atoms with Crippen molar-refractivity contribution in [3.63, 3.8) is 0 Å². The van der Waals surface area contributed by atoms with E-state index in [0.717, 1.165) is 6.42 Å². The first-order valence-corrected chi connectivity index (χ1v) is 7.93. The van der Waals surface area contributed by atoms with Crippen molar-refractivity contribution in [3.05, 3.63) is 0 Å². The first-order chi connectivity index (χ1) is 10.5. The largest absolute Gasteiger partial charge is 0.462 e. The SMILES string of the molecule is CC(=O)OCC(COC(C)=O)OC(=O)CCC1CCCCC1. The average Bonchev–Trinajstić information content (AvgIpc) is 2.48. The van der Waals surface area contributed by atoms with Gasteiger partial charge in [-0.1, -0.05) is 32.1 Å². The number of ether oxygens (including phenoxy) is 3. The summed E-state index contributed by atoms with van der Waals surface area (Å²) in [6, 6.07) is 0. The Morgan fingerprint density at radius 1 is 0.955 bits per heavy atom. The molecule has 0 unspecified atom stereocenters. The second-order valence-electron chi connectivity index (χ2n) is 5.76. The molecule has 0 spiro atoms. The van der Waals surface area contributed by atoms with E-state index in [2.05, 4.69) is 0 Å². The lowest BCUT2D eigenvalue weighted by molar-refractivity contribution is -0.165. The Bertz CT molecular complexity index is 355. The van der Waals surface area contributed by atoms with E-state index in [-0.39, 0.29) is 19.2 Å². The zero-order valence-electron chi connectivity index (χ0n) is 13.5. The van der Waals surface area contributed by atoms with Crippen molar-refractivity contribution >= 4 is 17.9 Å². The molecule has 0 aromatic carbocycles. The second-order valence-corrected chi connectivity index (χ2v) is 5.76. The monoisotopic (exact) mass is 314 g/mol. The lowest BCUT2D eigenvalue weighted by atomic mass is 9.86. The molecule has 6 nitrogen and oxygen atoms in total. The van der Waals surface area contributed by atoms with Crippen molar-refractivity contribution in [3.8, 4) is 0 Å². The summed E-state index contributed by atoms with van der Waals surface area (Å²) in [7, 11) is 0. The summed E-state index contributed by atoms with van der Waals surface area (Å²) >= 11 is 0. The van der Waals surface area contributed by atoms with Crippen LogP contribution in [0.2, 0.25) is 0 Å². The molecule has 1 rings (SSSR count). The van der Waals surface area contributed by atoms with Gasteiger partial charge in [-0.25, -0.2) is 0 Å². The van der Waals surface area contributed by atoms with E-state index in [9.17, 15) is 14.4 Å². The average molecular weight is 314 g/mol. The number of rotatable bonds is 8. The molecule has 0 heterocycles. The third kappa shape index (κ3) is 8.64. The number of esters is 3. The zero-order valence-corrected chi connectivity index (χ0v) is 13.5. The van der Waals surface area contributed by atoms with Gasteiger partial charge < -0.3 is 14.2 Å². The van der Waals surface area contributed by atoms with E-state index < -0.39 is 18.0 Å². The molecule has 0 aromatic heterocycles. The quantitative estimate of drug-likeness (QED) is 0.505. The minimum Gasteiger partial charge on any atom is -0.462 e. The maximum Gasteiger partial charge on any atom is 0.306 e. The summed E-state index contributed by atoms with van der Waals surface area (Å²) in [5.41, 5.74) is 0. The highest BCUT2D eigenvalue weighted by Gasteiger charge is 2.20. The van der Waals surface area contributed by atoms with Gasteiger partial charge >= 0.3 is 17.9 Å². The highest BCUT2D eigenvalue weighted by molar-refractivity contribution is 5.70. The molecule has 0 aliphatic heterocycles. The van der Waals surface area contributed by atoms with Crippen LogP contribution >= 0.6 is 0 Å². The van der Waals surface area contributed by atoms with Crippen molar-refractivity contribution in [1.82, 2.24) is 0 Å². The molecule has 126 valence electrons. The third-order valence-corrected chi connectivity index (χ3v) is 3.72. The van der Waals surface area contributed by atoms with Gasteiger partial charge in [0.2, 0.25) is 0 Å². The molecule has 0 radical (unpaired) electrons. The summed E-state index contributed by atoms with van der Waals surface area (Å²) in [6.45, 7) is 2.34. The van der Waals surface area contributed by atoms with Gasteiger partial charge in [0, 0.05) is 20.3 Å². The van der Waals surface area contributed by atoms with E-state index in [1.165, 1.54) is 46.0 Å². The Kier molecular flexibility index (Phi) is 8.55. The molecule has 0 atom stereocenters. The maximum absolute atomic E-state index is 11.9. The van der Waals surface area contributed by atoms with Gasteiger partial charge in [-0.15, -0.1) is 0 Å². The molecule has 22 heavy (non-hydrogen) atoms. The molecule has 1 aliphatic rings. The molecule has 0 N–H and O–H groups in total. The van der Waals surface area contributed by atoms with Crippen molar-refractivity contribution in [1.29, 1.82) is 0 Å². The Balaban J connectivity index is 2.32. The van der Waals surface area contributed by atoms with Gasteiger partial charge in [-0.05, 0) is 12.3 Å². The fourth-order valence-electron chi connectivity index (χ4n) is 2.58. The Morgan fingerprint density at radius 3 is 2.00 bits per heavy atom. The lowest BCUT2D eigenvalue weighted by Crippen LogP contribution is -2.30. The van der Waals surface area contributed by atoms with Crippen molar-refractivity contribution in [2.45, 2.75) is 64.9 Å². The number of carbonyl (C=O) groups excluding carboxylic acids is 3. The fourth-order valence-corrected chi connectivity index (χ4v) is 2.58. The summed E-state index contributed by atoms with van der Waals surface area (Å²) in [5.74, 6) is -0.672. The van der Waals surface area contributed by atoms with Gasteiger partial charge in [0.1, 0.15) is 13.2 Å². The van der Waals surface area contributed by atoms with E-state index >= 15 is 0 Å². The molecule has 0 bridgehead atoms. The highest BCUT2D eigenvalue weighted by atomic mass is 16.6. The molecule has 1 saturated carbocycles. The van der Waals surface area contributed by atoms with E-state index in [0.29, 0.717) is 12.3 Å². The van der Waals surface area contributed by atoms with Gasteiger partial charge in [0.15, 0.2) is 6.10 Å². The zero-order chi connectivity index (χ0) is 16.4. The number of hydrogen-bond acceptors (Lipinski definition) is 6. The maximum atomic E-state index is 11.9. The highest BCUT2D eigenvalue weighted by Crippen LogP contribution is 2.27. The van der Waals surface area contributed by atoms with Crippen molar-refractivity contribution in [2.75, 3.05) is 13.2 Å². The van der Waals surface area contributed by atoms with Crippen LogP contribution in [0.4, 0.5) is 0 Å². The molecular weight excluding hydrogens is 288 g/mol. The van der Waals surface area contributed by atoms with Crippen LogP contribution in [0.25, 0.3) is 0 Å². The topological polar surface area (TPSA) is 78.9 Å². The molecule has 1 fully saturated rings. The molecule has 0 saturated heterocycles. The first-order valence-electron chi connectivity index (χ1n) is 7.93. The Morgan fingerprint density at radius 2 is 1.50 bits per heavy atom. The predicted octanol–water partition coefficient (Wildman–Crippen LogP) is 2.38. The van der Waals surface area contributed by atoms with Gasteiger partial charge in [-0.3, -0.25) is 14.4 Å². The summed E-state index contributed by atoms with van der Waals surface area (Å²) in [4.78, 5) is 33.6. The normalized spacial score (nSPS) is 15.4. The van der Waals surface area contributed by atoms with E-state index in [1.807, 2.05) is 0 Å². The lowest BCUT2D eigenvalue weighted by Gasteiger charge is -2.22. The van der Waals surface area contributed by atoms with Gasteiger partial charge in [-0.2, -0.15) is 0 Å². The van der Waals surface area contributed by atoms with Crippen LogP contribution in [-0.2, 0) is 28.6 Å². The minimum absolute atomic E-state index is 0.0994. The Labute approximate surface area is 131 Å². The van der Waals surface area contributed by atoms with Gasteiger partial charge in [0.05, 0.1) is 0 Å². The van der Waals surface area contributed by atoms with E-state index in [1.54, 1.807) is 0 Å². The van der Waals surface area contributed by atoms with Crippen LogP contribution in [-0.4, -0.2) is 37.2 Å². The predicted molar refractivity (Wildman–Crippen MR) is 79.0 cm³/mol. The van der Waals surface area contributed by atoms with Crippen LogP contribution in [0.3, 0.4) is 0 Å². The minimum atomic E-state index is -0.744. The van der Waals surface area contributed by atoms with Crippen LogP contribution in [0, 0.1) is 5.92 Å². The van der Waals surface area contributed by atoms with Crippen LogP contribution in [0.5, 0.6) is 0 Å². The van der Waals surface area contributed by atoms with Crippen molar-refractivity contribution in [2.24, 2.45) is 5.92 Å². The molecule has 0 aromatic rings. The molecule has 6 heteroatoms. The molecule has 0 amide bonds. The smallest absolute Gasteiger partial charge is 0.306 e. The molecular formula is C16H26O6. The second kappa shape index (κ2) is 10.2. The standard InChI is InChI=1S/C16H26O6/c1-12(17)20-10-15(11-21-13(2)18)22-16(19)9-8-14-6-4-3-5-7-14/h14-15H,3-11H2,1-2H3. The Hall–Kier alpha value is -1.59. The summed E-state index contributed by atoms with van der Waals surface area (Å²) in [5, 5.41) is 0. The van der Waals surface area contributed by atoms with Crippen molar-refractivity contribution < 1.29 is 28.6 Å². The number of carbonyl (C=O) groups is 3. The van der Waals surface area contributed by atoms with E-state index in [4.69, 9.17) is 14.2 Å². The van der Waals surface area contributed by atoms with Crippen LogP contribution < -0.4 is 0 Å². The fraction of sp³-hybridized carbons (Fsp3) is 0.812.